The maximum absolute atomic E-state index is 12.6. The molecular weight excluding hydrogens is 366 g/mol. The summed E-state index contributed by atoms with van der Waals surface area (Å²) < 4.78 is 2.20. The molecule has 150 valence electrons. The fourth-order valence-corrected chi connectivity index (χ4v) is 3.86. The molecule has 0 fully saturated rings. The summed E-state index contributed by atoms with van der Waals surface area (Å²) in [5.74, 6) is 1.78. The van der Waals surface area contributed by atoms with Gasteiger partial charge >= 0.3 is 0 Å². The third kappa shape index (κ3) is 4.62. The number of benzene rings is 1. The molecule has 1 aliphatic heterocycles. The highest BCUT2D eigenvalue weighted by atomic mass is 16.2. The Balaban J connectivity index is 1.39. The molecule has 1 unspecified atom stereocenters. The Morgan fingerprint density at radius 1 is 1.17 bits per heavy atom. The van der Waals surface area contributed by atoms with Gasteiger partial charge in [-0.15, -0.1) is 10.2 Å². The van der Waals surface area contributed by atoms with E-state index in [0.29, 0.717) is 11.3 Å². The number of nitrogens with zero attached hydrogens (tertiary/aromatic N) is 3. The largest absolute Gasteiger partial charge is 0.349 e. The van der Waals surface area contributed by atoms with E-state index in [2.05, 4.69) is 49.3 Å². The van der Waals surface area contributed by atoms with Gasteiger partial charge in [-0.2, -0.15) is 0 Å². The van der Waals surface area contributed by atoms with Crippen molar-refractivity contribution in [3.8, 4) is 0 Å². The summed E-state index contributed by atoms with van der Waals surface area (Å²) in [6.07, 6.45) is 4.18. The molecule has 0 radical (unpaired) electrons. The maximum Gasteiger partial charge on any atom is 0.251 e. The average molecular weight is 391 g/mol. The minimum atomic E-state index is -0.259. The van der Waals surface area contributed by atoms with Crippen LogP contribution in [0, 0.1) is 6.92 Å². The second-order valence-corrected chi connectivity index (χ2v) is 7.58. The summed E-state index contributed by atoms with van der Waals surface area (Å²) >= 11 is 0. The molecule has 29 heavy (non-hydrogen) atoms. The molecule has 0 saturated carbocycles. The van der Waals surface area contributed by atoms with Gasteiger partial charge in [-0.05, 0) is 37.8 Å². The van der Waals surface area contributed by atoms with Gasteiger partial charge in [-0.25, -0.2) is 0 Å². The zero-order valence-electron chi connectivity index (χ0n) is 16.5. The number of fused-ring (bicyclic) bond motifs is 1. The van der Waals surface area contributed by atoms with Crippen molar-refractivity contribution in [1.29, 1.82) is 0 Å². The maximum atomic E-state index is 12.6. The summed E-state index contributed by atoms with van der Waals surface area (Å²) in [6.45, 7) is 2.55. The first kappa shape index (κ1) is 19.1. The van der Waals surface area contributed by atoms with Gasteiger partial charge in [-0.3, -0.25) is 9.59 Å². The quantitative estimate of drug-likeness (QED) is 0.697. The number of hydrogen-bond acceptors (Lipinski definition) is 4. The van der Waals surface area contributed by atoms with Crippen LogP contribution in [0.4, 0.5) is 0 Å². The Morgan fingerprint density at radius 3 is 2.79 bits per heavy atom. The molecule has 7 nitrogen and oxygen atoms in total. The fourth-order valence-electron chi connectivity index (χ4n) is 3.86. The molecule has 0 saturated heterocycles. The van der Waals surface area contributed by atoms with E-state index in [9.17, 15) is 9.59 Å². The molecule has 3 heterocycles. The van der Waals surface area contributed by atoms with E-state index < -0.39 is 0 Å². The highest BCUT2D eigenvalue weighted by Gasteiger charge is 2.22. The third-order valence-corrected chi connectivity index (χ3v) is 5.38. The molecule has 7 heteroatoms. The first-order valence-electron chi connectivity index (χ1n) is 10.1. The molecule has 1 amide bonds. The van der Waals surface area contributed by atoms with Crippen LogP contribution in [0.5, 0.6) is 0 Å². The Labute approximate surface area is 169 Å². The zero-order valence-corrected chi connectivity index (χ0v) is 16.5. The number of pyridine rings is 1. The van der Waals surface area contributed by atoms with Crippen LogP contribution in [0.15, 0.2) is 47.3 Å². The minimum absolute atomic E-state index is 0.0470. The zero-order chi connectivity index (χ0) is 20.2. The Bertz CT molecular complexity index is 1050. The van der Waals surface area contributed by atoms with Crippen molar-refractivity contribution in [3.63, 3.8) is 0 Å². The van der Waals surface area contributed by atoms with Crippen molar-refractivity contribution in [2.45, 2.75) is 51.6 Å². The average Bonchev–Trinajstić information content (AvgIpc) is 2.99. The Morgan fingerprint density at radius 2 is 2.00 bits per heavy atom. The lowest BCUT2D eigenvalue weighted by Crippen LogP contribution is -2.35. The summed E-state index contributed by atoms with van der Waals surface area (Å²) in [5, 5.41) is 11.9. The highest BCUT2D eigenvalue weighted by Crippen LogP contribution is 2.17. The number of nitrogens with one attached hydrogen (secondary N) is 2. The van der Waals surface area contributed by atoms with Crippen molar-refractivity contribution < 1.29 is 4.79 Å². The normalized spacial score (nSPS) is 16.1. The van der Waals surface area contributed by atoms with E-state index in [1.807, 2.05) is 6.07 Å². The fraction of sp³-hybridized carbons (Fsp3) is 0.364. The SMILES string of the molecule is Cc1cc(C(=O)NC2CCc3nnc(CCc4ccccc4)n3CC2)cc(=O)[nH]1. The van der Waals surface area contributed by atoms with Crippen LogP contribution in [0.2, 0.25) is 0 Å². The molecule has 3 aromatic rings. The van der Waals surface area contributed by atoms with Crippen molar-refractivity contribution in [2.24, 2.45) is 0 Å². The number of amides is 1. The topological polar surface area (TPSA) is 92.7 Å². The second-order valence-electron chi connectivity index (χ2n) is 7.58. The summed E-state index contributed by atoms with van der Waals surface area (Å²) in [5.41, 5.74) is 2.11. The number of aromatic amines is 1. The van der Waals surface area contributed by atoms with E-state index in [-0.39, 0.29) is 17.5 Å². The van der Waals surface area contributed by atoms with E-state index in [4.69, 9.17) is 0 Å². The lowest BCUT2D eigenvalue weighted by molar-refractivity contribution is 0.0932. The van der Waals surface area contributed by atoms with Gasteiger partial charge in [-0.1, -0.05) is 30.3 Å². The Kier molecular flexibility index (Phi) is 5.55. The van der Waals surface area contributed by atoms with Gasteiger partial charge in [0.1, 0.15) is 11.6 Å². The van der Waals surface area contributed by atoms with Crippen LogP contribution in [0.3, 0.4) is 0 Å². The van der Waals surface area contributed by atoms with Crippen LogP contribution in [-0.2, 0) is 25.8 Å². The highest BCUT2D eigenvalue weighted by molar-refractivity contribution is 5.94. The van der Waals surface area contributed by atoms with Gasteiger partial charge in [0.2, 0.25) is 5.56 Å². The Hall–Kier alpha value is -3.22. The van der Waals surface area contributed by atoms with Gasteiger partial charge in [0.25, 0.3) is 5.91 Å². The number of carbonyl (C=O) groups is 1. The molecule has 1 aliphatic rings. The van der Waals surface area contributed by atoms with Gasteiger partial charge in [0.05, 0.1) is 0 Å². The van der Waals surface area contributed by atoms with Gasteiger partial charge < -0.3 is 14.9 Å². The molecule has 2 N–H and O–H groups in total. The van der Waals surface area contributed by atoms with Crippen LogP contribution in [0.25, 0.3) is 0 Å². The lowest BCUT2D eigenvalue weighted by atomic mass is 10.1. The number of aromatic nitrogens is 4. The number of H-pyrrole nitrogens is 1. The van der Waals surface area contributed by atoms with Crippen molar-refractivity contribution in [2.75, 3.05) is 0 Å². The number of hydrogen-bond donors (Lipinski definition) is 2. The second kappa shape index (κ2) is 8.43. The smallest absolute Gasteiger partial charge is 0.251 e. The standard InChI is InChI=1S/C22H25N5O2/c1-15-13-17(14-21(28)23-15)22(29)24-18-8-10-20-26-25-19(27(20)12-11-18)9-7-16-5-3-2-4-6-16/h2-6,13-14,18H,7-12H2,1H3,(H,23,28)(H,24,29). The number of rotatable bonds is 5. The monoisotopic (exact) mass is 391 g/mol. The van der Waals surface area contributed by atoms with Gasteiger partial charge in [0.15, 0.2) is 0 Å². The minimum Gasteiger partial charge on any atom is -0.349 e. The predicted molar refractivity (Wildman–Crippen MR) is 110 cm³/mol. The van der Waals surface area contributed by atoms with Crippen LogP contribution >= 0.6 is 0 Å². The molecule has 4 rings (SSSR count). The van der Waals surface area contributed by atoms with Crippen LogP contribution < -0.4 is 10.9 Å². The predicted octanol–water partition coefficient (Wildman–Crippen LogP) is 2.19. The van der Waals surface area contributed by atoms with Crippen molar-refractivity contribution >= 4 is 5.91 Å². The van der Waals surface area contributed by atoms with Crippen molar-refractivity contribution in [3.05, 3.63) is 81.3 Å². The van der Waals surface area contributed by atoms with E-state index in [0.717, 1.165) is 50.3 Å². The molecule has 0 spiro atoms. The summed E-state index contributed by atoms with van der Waals surface area (Å²) in [4.78, 5) is 26.9. The third-order valence-electron chi connectivity index (χ3n) is 5.38. The number of carbonyl (C=O) groups excluding carboxylic acids is 1. The molecule has 1 aromatic carbocycles. The molecule has 1 atom stereocenters. The molecule has 0 aliphatic carbocycles. The molecule has 0 bridgehead atoms. The van der Waals surface area contributed by atoms with E-state index >= 15 is 0 Å². The summed E-state index contributed by atoms with van der Waals surface area (Å²) in [6, 6.07) is 13.5. The van der Waals surface area contributed by atoms with Crippen LogP contribution in [-0.4, -0.2) is 31.7 Å². The number of aryl methyl sites for hydroxylation is 4. The van der Waals surface area contributed by atoms with Crippen molar-refractivity contribution in [1.82, 2.24) is 25.1 Å². The first-order chi connectivity index (χ1) is 14.1. The molecular formula is C22H25N5O2. The summed E-state index contributed by atoms with van der Waals surface area (Å²) in [7, 11) is 0. The van der Waals surface area contributed by atoms with Crippen LogP contribution in [0.1, 0.15) is 46.1 Å². The van der Waals surface area contributed by atoms with E-state index in [1.54, 1.807) is 13.0 Å². The lowest BCUT2D eigenvalue weighted by Gasteiger charge is -2.16. The van der Waals surface area contributed by atoms with Gasteiger partial charge in [0, 0.05) is 42.8 Å². The first-order valence-corrected chi connectivity index (χ1v) is 10.1. The molecule has 2 aromatic heterocycles. The van der Waals surface area contributed by atoms with E-state index in [1.165, 1.54) is 11.6 Å².